The lowest BCUT2D eigenvalue weighted by molar-refractivity contribution is 0.503. The van der Waals surface area contributed by atoms with Crippen molar-refractivity contribution in [3.8, 4) is 0 Å². The highest BCUT2D eigenvalue weighted by atomic mass is 35.5. The summed E-state index contributed by atoms with van der Waals surface area (Å²) in [5.74, 6) is 1.28. The van der Waals surface area contributed by atoms with E-state index in [0.29, 0.717) is 22.6 Å². The first-order chi connectivity index (χ1) is 7.77. The lowest BCUT2D eigenvalue weighted by Gasteiger charge is -2.18. The Morgan fingerprint density at radius 1 is 1.44 bits per heavy atom. The van der Waals surface area contributed by atoms with Crippen LogP contribution in [0.5, 0.6) is 0 Å². The van der Waals surface area contributed by atoms with E-state index >= 15 is 0 Å². The topological polar surface area (TPSA) is 63.8 Å². The molecule has 1 aromatic heterocycles. The van der Waals surface area contributed by atoms with Crippen LogP contribution in [0.15, 0.2) is 18.5 Å². The molecule has 5 heteroatoms. The summed E-state index contributed by atoms with van der Waals surface area (Å²) in [5, 5.41) is 3.54. The minimum atomic E-state index is 0.307. The van der Waals surface area contributed by atoms with E-state index in [1.807, 2.05) is 0 Å². The largest absolute Gasteiger partial charge is 0.393 e. The number of allylic oxidation sites excluding steroid dienone is 2. The molecule has 0 spiro atoms. The zero-order valence-corrected chi connectivity index (χ0v) is 9.74. The molecule has 0 bridgehead atoms. The first kappa shape index (κ1) is 11.2. The molecule has 0 aliphatic heterocycles. The fourth-order valence-corrected chi connectivity index (χ4v) is 1.93. The molecule has 0 fully saturated rings. The number of aromatic nitrogens is 2. The summed E-state index contributed by atoms with van der Waals surface area (Å²) < 4.78 is 0. The monoisotopic (exact) mass is 238 g/mol. The third kappa shape index (κ3) is 2.64. The predicted octanol–water partition coefficient (Wildman–Crippen LogP) is 2.48. The molecule has 1 aliphatic rings. The van der Waals surface area contributed by atoms with Gasteiger partial charge in [-0.1, -0.05) is 23.8 Å². The van der Waals surface area contributed by atoms with E-state index in [0.717, 1.165) is 19.4 Å². The van der Waals surface area contributed by atoms with E-state index in [4.69, 9.17) is 17.3 Å². The number of anilines is 2. The number of halogens is 1. The van der Waals surface area contributed by atoms with Crippen molar-refractivity contribution in [2.24, 2.45) is 5.92 Å². The maximum Gasteiger partial charge on any atom is 0.157 e. The molecule has 1 aliphatic carbocycles. The molecule has 1 aromatic rings. The van der Waals surface area contributed by atoms with Gasteiger partial charge in [0, 0.05) is 6.54 Å². The smallest absolute Gasteiger partial charge is 0.157 e. The second kappa shape index (κ2) is 5.16. The summed E-state index contributed by atoms with van der Waals surface area (Å²) in [6.45, 7) is 0.877. The third-order valence-corrected chi connectivity index (χ3v) is 3.07. The Labute approximate surface area is 99.9 Å². The van der Waals surface area contributed by atoms with E-state index in [9.17, 15) is 0 Å². The van der Waals surface area contributed by atoms with Crippen LogP contribution in [0.25, 0.3) is 0 Å². The van der Waals surface area contributed by atoms with Crippen LogP contribution < -0.4 is 11.1 Å². The Kier molecular flexibility index (Phi) is 3.62. The highest BCUT2D eigenvalue weighted by molar-refractivity contribution is 6.32. The molecule has 0 saturated carbocycles. The highest BCUT2D eigenvalue weighted by Crippen LogP contribution is 2.24. The molecule has 3 N–H and O–H groups in total. The summed E-state index contributed by atoms with van der Waals surface area (Å²) in [4.78, 5) is 7.89. The van der Waals surface area contributed by atoms with Crippen molar-refractivity contribution in [3.63, 3.8) is 0 Å². The Morgan fingerprint density at radius 2 is 2.31 bits per heavy atom. The summed E-state index contributed by atoms with van der Waals surface area (Å²) >= 11 is 5.81. The van der Waals surface area contributed by atoms with Crippen molar-refractivity contribution in [1.29, 1.82) is 0 Å². The maximum absolute atomic E-state index is 5.81. The predicted molar refractivity (Wildman–Crippen MR) is 66.4 cm³/mol. The molecular weight excluding hydrogens is 224 g/mol. The van der Waals surface area contributed by atoms with E-state index in [-0.39, 0.29) is 0 Å². The number of hydrogen-bond donors (Lipinski definition) is 2. The van der Waals surface area contributed by atoms with Gasteiger partial charge in [0.25, 0.3) is 0 Å². The number of nitrogens with one attached hydrogen (secondary N) is 1. The number of nitrogen functional groups attached to an aromatic ring is 1. The zero-order chi connectivity index (χ0) is 11.4. The van der Waals surface area contributed by atoms with Gasteiger partial charge in [-0.3, -0.25) is 0 Å². The van der Waals surface area contributed by atoms with Gasteiger partial charge in [0.05, 0.1) is 0 Å². The first-order valence-corrected chi connectivity index (χ1v) is 5.80. The van der Waals surface area contributed by atoms with E-state index in [1.54, 1.807) is 0 Å². The molecule has 86 valence electrons. The Morgan fingerprint density at radius 3 is 3.06 bits per heavy atom. The molecule has 2 rings (SSSR count). The molecule has 16 heavy (non-hydrogen) atoms. The average Bonchev–Trinajstić information content (AvgIpc) is 2.32. The van der Waals surface area contributed by atoms with E-state index in [2.05, 4.69) is 27.4 Å². The Bertz CT molecular complexity index is 392. The molecule has 0 saturated heterocycles. The van der Waals surface area contributed by atoms with E-state index in [1.165, 1.54) is 12.7 Å². The quantitative estimate of drug-likeness (QED) is 0.627. The van der Waals surface area contributed by atoms with Crippen molar-refractivity contribution < 1.29 is 0 Å². The van der Waals surface area contributed by atoms with Crippen LogP contribution in [0.4, 0.5) is 11.5 Å². The molecule has 0 amide bonds. The van der Waals surface area contributed by atoms with Gasteiger partial charge in [0.15, 0.2) is 11.0 Å². The zero-order valence-electron chi connectivity index (χ0n) is 8.99. The van der Waals surface area contributed by atoms with Gasteiger partial charge in [-0.2, -0.15) is 0 Å². The van der Waals surface area contributed by atoms with Gasteiger partial charge < -0.3 is 11.1 Å². The molecular formula is C11H15ClN4. The maximum atomic E-state index is 5.81. The highest BCUT2D eigenvalue weighted by Gasteiger charge is 2.11. The molecule has 1 atom stereocenters. The Hall–Kier alpha value is -1.29. The number of nitrogens with zero attached hydrogens (tertiary/aromatic N) is 2. The van der Waals surface area contributed by atoms with Crippen LogP contribution in [0, 0.1) is 5.92 Å². The van der Waals surface area contributed by atoms with Crippen molar-refractivity contribution in [2.45, 2.75) is 19.3 Å². The summed E-state index contributed by atoms with van der Waals surface area (Å²) in [6, 6.07) is 0. The minimum Gasteiger partial charge on any atom is -0.393 e. The van der Waals surface area contributed by atoms with Crippen LogP contribution in [0.1, 0.15) is 19.3 Å². The fraction of sp³-hybridized carbons (Fsp3) is 0.455. The second-order valence-electron chi connectivity index (χ2n) is 3.96. The third-order valence-electron chi connectivity index (χ3n) is 2.77. The van der Waals surface area contributed by atoms with Gasteiger partial charge >= 0.3 is 0 Å². The Balaban J connectivity index is 1.94. The van der Waals surface area contributed by atoms with Crippen LogP contribution in [0.3, 0.4) is 0 Å². The van der Waals surface area contributed by atoms with Crippen LogP contribution in [-0.4, -0.2) is 16.5 Å². The molecule has 1 heterocycles. The van der Waals surface area contributed by atoms with Gasteiger partial charge in [-0.15, -0.1) is 0 Å². The van der Waals surface area contributed by atoms with Gasteiger partial charge in [-0.25, -0.2) is 9.97 Å². The van der Waals surface area contributed by atoms with Crippen molar-refractivity contribution in [3.05, 3.63) is 23.6 Å². The summed E-state index contributed by atoms with van der Waals surface area (Å²) in [6.07, 6.45) is 9.36. The number of rotatable bonds is 3. The van der Waals surface area contributed by atoms with E-state index < -0.39 is 0 Å². The van der Waals surface area contributed by atoms with Crippen LogP contribution in [0.2, 0.25) is 5.15 Å². The average molecular weight is 239 g/mol. The fourth-order valence-electron chi connectivity index (χ4n) is 1.80. The normalized spacial score (nSPS) is 19.7. The second-order valence-corrected chi connectivity index (χ2v) is 4.32. The minimum absolute atomic E-state index is 0.307. The molecule has 1 unspecified atom stereocenters. The molecule has 0 radical (unpaired) electrons. The number of nitrogens with two attached hydrogens (primary N) is 1. The van der Waals surface area contributed by atoms with Gasteiger partial charge in [0.1, 0.15) is 12.0 Å². The van der Waals surface area contributed by atoms with Crippen molar-refractivity contribution >= 4 is 23.1 Å². The molecule has 0 aromatic carbocycles. The van der Waals surface area contributed by atoms with Crippen molar-refractivity contribution in [2.75, 3.05) is 17.6 Å². The molecule has 4 nitrogen and oxygen atoms in total. The SMILES string of the molecule is Nc1c(Cl)ncnc1NCC1CC=CCC1. The summed E-state index contributed by atoms with van der Waals surface area (Å²) in [5.41, 5.74) is 6.19. The van der Waals surface area contributed by atoms with Gasteiger partial charge in [-0.05, 0) is 25.2 Å². The number of hydrogen-bond acceptors (Lipinski definition) is 4. The standard InChI is InChI=1S/C11H15ClN4/c12-10-9(13)11(16-7-15-10)14-6-8-4-2-1-3-5-8/h1-2,7-8H,3-6,13H2,(H,14,15,16). The lowest BCUT2D eigenvalue weighted by atomic mass is 9.94. The van der Waals surface area contributed by atoms with Crippen LogP contribution >= 0.6 is 11.6 Å². The van der Waals surface area contributed by atoms with Crippen molar-refractivity contribution in [1.82, 2.24) is 9.97 Å². The lowest BCUT2D eigenvalue weighted by Crippen LogP contribution is -2.17. The van der Waals surface area contributed by atoms with Gasteiger partial charge in [0.2, 0.25) is 0 Å². The summed E-state index contributed by atoms with van der Waals surface area (Å²) in [7, 11) is 0. The van der Waals surface area contributed by atoms with Crippen LogP contribution in [-0.2, 0) is 0 Å². The first-order valence-electron chi connectivity index (χ1n) is 5.42.